The lowest BCUT2D eigenvalue weighted by molar-refractivity contribution is 1.17. The van der Waals surface area contributed by atoms with Crippen LogP contribution in [0, 0.1) is 0 Å². The lowest BCUT2D eigenvalue weighted by Gasteiger charge is -2.06. The largest absolute Gasteiger partial charge is 0.0801 e. The molecule has 0 aromatic carbocycles. The number of hydrogen-bond acceptors (Lipinski definition) is 0. The minimum atomic E-state index is 1.12. The SMILES string of the molecule is C1=CCC(/C=C2\C=CC2)=C1. The Morgan fingerprint density at radius 3 is 2.60 bits per heavy atom. The normalized spacial score (nSPS) is 25.2. The molecule has 0 saturated heterocycles. The summed E-state index contributed by atoms with van der Waals surface area (Å²) in [6.07, 6.45) is 15.4. The first-order valence-corrected chi connectivity index (χ1v) is 3.68. The Morgan fingerprint density at radius 1 is 1.20 bits per heavy atom. The number of rotatable bonds is 1. The second-order valence-corrected chi connectivity index (χ2v) is 2.70. The van der Waals surface area contributed by atoms with Crippen molar-refractivity contribution in [1.82, 2.24) is 0 Å². The standard InChI is InChI=1S/C10H10/c1-2-5-9(4-1)8-10-6-3-7-10/h1-4,6,8H,5,7H2/b10-8+. The van der Waals surface area contributed by atoms with E-state index >= 15 is 0 Å². The molecular weight excluding hydrogens is 120 g/mol. The van der Waals surface area contributed by atoms with Crippen molar-refractivity contribution in [1.29, 1.82) is 0 Å². The lowest BCUT2D eigenvalue weighted by atomic mass is 10.00. The highest BCUT2D eigenvalue weighted by Crippen LogP contribution is 2.20. The van der Waals surface area contributed by atoms with Gasteiger partial charge in [-0.1, -0.05) is 36.5 Å². The summed E-state index contributed by atoms with van der Waals surface area (Å²) in [5.74, 6) is 0. The van der Waals surface area contributed by atoms with Crippen LogP contribution < -0.4 is 0 Å². The molecule has 0 atom stereocenters. The molecule has 0 bridgehead atoms. The van der Waals surface area contributed by atoms with Gasteiger partial charge in [-0.25, -0.2) is 0 Å². The van der Waals surface area contributed by atoms with Crippen LogP contribution in [0.5, 0.6) is 0 Å². The van der Waals surface area contributed by atoms with Gasteiger partial charge in [-0.2, -0.15) is 0 Å². The summed E-state index contributed by atoms with van der Waals surface area (Å²) < 4.78 is 0. The molecule has 0 spiro atoms. The van der Waals surface area contributed by atoms with Crippen molar-refractivity contribution in [2.24, 2.45) is 0 Å². The van der Waals surface area contributed by atoms with Crippen LogP contribution in [0.15, 0.2) is 47.6 Å². The summed E-state index contributed by atoms with van der Waals surface area (Å²) in [7, 11) is 0. The smallest absolute Gasteiger partial charge is 0.00942 e. The second-order valence-electron chi connectivity index (χ2n) is 2.70. The molecule has 0 unspecified atom stereocenters. The van der Waals surface area contributed by atoms with Gasteiger partial charge in [-0.3, -0.25) is 0 Å². The van der Waals surface area contributed by atoms with E-state index in [9.17, 15) is 0 Å². The minimum absolute atomic E-state index is 1.12. The van der Waals surface area contributed by atoms with E-state index in [4.69, 9.17) is 0 Å². The van der Waals surface area contributed by atoms with Crippen LogP contribution in [0.3, 0.4) is 0 Å². The van der Waals surface area contributed by atoms with Crippen molar-refractivity contribution in [3.8, 4) is 0 Å². The summed E-state index contributed by atoms with van der Waals surface area (Å²) in [6.45, 7) is 0. The lowest BCUT2D eigenvalue weighted by Crippen LogP contribution is -1.86. The highest BCUT2D eigenvalue weighted by molar-refractivity contribution is 5.41. The summed E-state index contributed by atoms with van der Waals surface area (Å²) in [5.41, 5.74) is 2.91. The van der Waals surface area contributed by atoms with Crippen molar-refractivity contribution >= 4 is 0 Å². The van der Waals surface area contributed by atoms with Crippen LogP contribution in [0.1, 0.15) is 12.8 Å². The molecule has 50 valence electrons. The van der Waals surface area contributed by atoms with E-state index in [0.29, 0.717) is 0 Å². The molecule has 0 saturated carbocycles. The summed E-state index contributed by atoms with van der Waals surface area (Å²) >= 11 is 0. The van der Waals surface area contributed by atoms with Gasteiger partial charge in [0, 0.05) is 0 Å². The predicted molar refractivity (Wildman–Crippen MR) is 43.7 cm³/mol. The molecule has 2 aliphatic carbocycles. The summed E-state index contributed by atoms with van der Waals surface area (Å²) in [5, 5.41) is 0. The third-order valence-electron chi connectivity index (χ3n) is 1.86. The first-order chi connectivity index (χ1) is 4.95. The zero-order chi connectivity index (χ0) is 6.81. The molecule has 0 aromatic rings. The molecule has 0 N–H and O–H groups in total. The maximum absolute atomic E-state index is 2.28. The first-order valence-electron chi connectivity index (χ1n) is 3.68. The van der Waals surface area contributed by atoms with Gasteiger partial charge in [0.15, 0.2) is 0 Å². The molecule has 2 rings (SSSR count). The fraction of sp³-hybridized carbons (Fsp3) is 0.200. The van der Waals surface area contributed by atoms with Gasteiger partial charge in [0.1, 0.15) is 0 Å². The van der Waals surface area contributed by atoms with Gasteiger partial charge in [-0.15, -0.1) is 0 Å². The van der Waals surface area contributed by atoms with Gasteiger partial charge in [0.25, 0.3) is 0 Å². The first kappa shape index (κ1) is 5.72. The van der Waals surface area contributed by atoms with Gasteiger partial charge < -0.3 is 0 Å². The third kappa shape index (κ3) is 0.971. The molecule has 0 aromatic heterocycles. The fourth-order valence-corrected chi connectivity index (χ4v) is 1.17. The zero-order valence-corrected chi connectivity index (χ0v) is 5.88. The molecule has 0 fully saturated rings. The van der Waals surface area contributed by atoms with Crippen LogP contribution in [0.2, 0.25) is 0 Å². The number of hydrogen-bond donors (Lipinski definition) is 0. The van der Waals surface area contributed by atoms with Crippen molar-refractivity contribution in [3.63, 3.8) is 0 Å². The average molecular weight is 130 g/mol. The van der Waals surface area contributed by atoms with E-state index in [1.165, 1.54) is 11.1 Å². The Labute approximate surface area is 61.3 Å². The highest BCUT2D eigenvalue weighted by Gasteiger charge is 2.01. The van der Waals surface area contributed by atoms with Crippen molar-refractivity contribution in [2.45, 2.75) is 12.8 Å². The molecule has 0 amide bonds. The monoisotopic (exact) mass is 130 g/mol. The maximum Gasteiger partial charge on any atom is -0.00942 e. The fourth-order valence-electron chi connectivity index (χ4n) is 1.17. The molecule has 0 heterocycles. The minimum Gasteiger partial charge on any atom is -0.0801 e. The highest BCUT2D eigenvalue weighted by atomic mass is 14.1. The molecule has 2 aliphatic rings. The van der Waals surface area contributed by atoms with Gasteiger partial charge in [0.2, 0.25) is 0 Å². The van der Waals surface area contributed by atoms with Crippen LogP contribution in [0.4, 0.5) is 0 Å². The molecule has 0 heteroatoms. The van der Waals surface area contributed by atoms with E-state index in [0.717, 1.165) is 12.8 Å². The Kier molecular flexibility index (Phi) is 1.31. The summed E-state index contributed by atoms with van der Waals surface area (Å²) in [6, 6.07) is 0. The van der Waals surface area contributed by atoms with Crippen LogP contribution in [-0.4, -0.2) is 0 Å². The third-order valence-corrected chi connectivity index (χ3v) is 1.86. The second kappa shape index (κ2) is 2.30. The van der Waals surface area contributed by atoms with Crippen molar-refractivity contribution in [2.75, 3.05) is 0 Å². The molecule has 0 nitrogen and oxygen atoms in total. The van der Waals surface area contributed by atoms with Crippen molar-refractivity contribution in [3.05, 3.63) is 47.6 Å². The van der Waals surface area contributed by atoms with E-state index in [1.54, 1.807) is 0 Å². The van der Waals surface area contributed by atoms with Crippen LogP contribution >= 0.6 is 0 Å². The molecular formula is C10H10. The van der Waals surface area contributed by atoms with Gasteiger partial charge in [0.05, 0.1) is 0 Å². The van der Waals surface area contributed by atoms with E-state index in [-0.39, 0.29) is 0 Å². The Bertz CT molecular complexity index is 249. The van der Waals surface area contributed by atoms with E-state index in [1.807, 2.05) is 0 Å². The number of allylic oxidation sites excluding steroid dienone is 8. The van der Waals surface area contributed by atoms with Crippen molar-refractivity contribution < 1.29 is 0 Å². The molecule has 10 heavy (non-hydrogen) atoms. The maximum atomic E-state index is 2.28. The predicted octanol–water partition coefficient (Wildman–Crippen LogP) is 2.76. The van der Waals surface area contributed by atoms with E-state index < -0.39 is 0 Å². The van der Waals surface area contributed by atoms with Gasteiger partial charge >= 0.3 is 0 Å². The zero-order valence-electron chi connectivity index (χ0n) is 5.88. The Morgan fingerprint density at radius 2 is 2.10 bits per heavy atom. The quantitative estimate of drug-likeness (QED) is 0.512. The Balaban J connectivity index is 2.09. The average Bonchev–Trinajstić information content (AvgIpc) is 2.29. The van der Waals surface area contributed by atoms with Gasteiger partial charge in [-0.05, 0) is 24.0 Å². The topological polar surface area (TPSA) is 0 Å². The van der Waals surface area contributed by atoms with Crippen LogP contribution in [-0.2, 0) is 0 Å². The van der Waals surface area contributed by atoms with E-state index in [2.05, 4.69) is 36.5 Å². The Hall–Kier alpha value is -1.04. The summed E-state index contributed by atoms with van der Waals surface area (Å²) in [4.78, 5) is 0. The van der Waals surface area contributed by atoms with Crippen LogP contribution in [0.25, 0.3) is 0 Å². The molecule has 0 radical (unpaired) electrons. The molecule has 0 aliphatic heterocycles.